The highest BCUT2D eigenvalue weighted by atomic mass is 32.1. The standard InChI is InChI=1S/C26H43N3O4S/c1-11-18(4)29(23(31)20(15-34)27-24(32)33-26(8,9)10)21(22(30)28-25(5,6)7)19-14-16(2)12-13-17(19)3/h12-14,18,20-21,34H,11,15H2,1-10H3,(H,27,32)(H,28,30). The quantitative estimate of drug-likeness (QED) is 0.458. The molecule has 3 atom stereocenters. The maximum absolute atomic E-state index is 13.9. The average Bonchev–Trinajstić information content (AvgIpc) is 2.68. The molecule has 3 unspecified atom stereocenters. The molecule has 0 aliphatic heterocycles. The fourth-order valence-electron chi connectivity index (χ4n) is 3.52. The number of nitrogens with one attached hydrogen (secondary N) is 2. The second-order valence-electron chi connectivity index (χ2n) is 10.9. The van der Waals surface area contributed by atoms with Gasteiger partial charge in [0.25, 0.3) is 0 Å². The molecule has 34 heavy (non-hydrogen) atoms. The van der Waals surface area contributed by atoms with Crippen LogP contribution in [0, 0.1) is 13.8 Å². The number of aryl methyl sites for hydroxylation is 2. The van der Waals surface area contributed by atoms with Crippen molar-refractivity contribution in [3.05, 3.63) is 34.9 Å². The number of thiol groups is 1. The van der Waals surface area contributed by atoms with Gasteiger partial charge in [-0.05, 0) is 79.9 Å². The molecule has 0 heterocycles. The zero-order chi connectivity index (χ0) is 26.4. The van der Waals surface area contributed by atoms with Crippen molar-refractivity contribution in [2.24, 2.45) is 0 Å². The molecule has 0 radical (unpaired) electrons. The van der Waals surface area contributed by atoms with Crippen LogP contribution in [0.1, 0.15) is 84.5 Å². The molecule has 0 saturated carbocycles. The average molecular weight is 494 g/mol. The highest BCUT2D eigenvalue weighted by Gasteiger charge is 2.39. The summed E-state index contributed by atoms with van der Waals surface area (Å²) in [7, 11) is 0. The van der Waals surface area contributed by atoms with Crippen molar-refractivity contribution in [1.82, 2.24) is 15.5 Å². The lowest BCUT2D eigenvalue weighted by Gasteiger charge is -2.39. The Hall–Kier alpha value is -2.22. The lowest BCUT2D eigenvalue weighted by atomic mass is 9.94. The molecule has 1 aromatic rings. The Morgan fingerprint density at radius 3 is 2.15 bits per heavy atom. The van der Waals surface area contributed by atoms with Crippen LogP contribution < -0.4 is 10.6 Å². The maximum atomic E-state index is 13.9. The lowest BCUT2D eigenvalue weighted by molar-refractivity contribution is -0.145. The zero-order valence-corrected chi connectivity index (χ0v) is 23.3. The van der Waals surface area contributed by atoms with Gasteiger partial charge in [-0.1, -0.05) is 30.7 Å². The van der Waals surface area contributed by atoms with Gasteiger partial charge in [0.1, 0.15) is 17.7 Å². The minimum atomic E-state index is -0.956. The lowest BCUT2D eigenvalue weighted by Crippen LogP contribution is -2.57. The molecule has 0 spiro atoms. The minimum absolute atomic E-state index is 0.0609. The largest absolute Gasteiger partial charge is 0.444 e. The van der Waals surface area contributed by atoms with Gasteiger partial charge in [0.05, 0.1) is 0 Å². The first-order chi connectivity index (χ1) is 15.5. The molecule has 0 aliphatic carbocycles. The monoisotopic (exact) mass is 493 g/mol. The Morgan fingerprint density at radius 1 is 1.09 bits per heavy atom. The van der Waals surface area contributed by atoms with Gasteiger partial charge < -0.3 is 20.3 Å². The van der Waals surface area contributed by atoms with E-state index in [-0.39, 0.29) is 23.6 Å². The number of hydrogen-bond acceptors (Lipinski definition) is 5. The van der Waals surface area contributed by atoms with Crippen molar-refractivity contribution >= 4 is 30.5 Å². The Bertz CT molecular complexity index is 874. The van der Waals surface area contributed by atoms with E-state index in [1.807, 2.05) is 66.7 Å². The van der Waals surface area contributed by atoms with Crippen LogP contribution in [-0.2, 0) is 14.3 Å². The SMILES string of the molecule is CCC(C)N(C(=O)C(CS)NC(=O)OC(C)(C)C)C(C(=O)NC(C)(C)C)c1cc(C)ccc1C. The molecule has 1 rings (SSSR count). The number of alkyl carbamates (subject to hydrolysis) is 1. The molecule has 1 aromatic carbocycles. The van der Waals surface area contributed by atoms with Crippen molar-refractivity contribution in [3.63, 3.8) is 0 Å². The van der Waals surface area contributed by atoms with E-state index in [9.17, 15) is 14.4 Å². The van der Waals surface area contributed by atoms with Gasteiger partial charge in [-0.3, -0.25) is 9.59 Å². The van der Waals surface area contributed by atoms with E-state index in [1.165, 1.54) is 0 Å². The number of nitrogens with zero attached hydrogens (tertiary/aromatic N) is 1. The highest BCUT2D eigenvalue weighted by molar-refractivity contribution is 7.80. The van der Waals surface area contributed by atoms with Crippen molar-refractivity contribution in [1.29, 1.82) is 0 Å². The minimum Gasteiger partial charge on any atom is -0.444 e. The first kappa shape index (κ1) is 29.8. The van der Waals surface area contributed by atoms with E-state index < -0.39 is 29.3 Å². The van der Waals surface area contributed by atoms with Crippen LogP contribution in [0.4, 0.5) is 4.79 Å². The molecule has 0 saturated heterocycles. The summed E-state index contributed by atoms with van der Waals surface area (Å²) in [6, 6.07) is 3.78. The molecule has 0 fully saturated rings. The van der Waals surface area contributed by atoms with E-state index in [0.717, 1.165) is 16.7 Å². The molecule has 0 aromatic heterocycles. The van der Waals surface area contributed by atoms with Crippen LogP contribution in [0.25, 0.3) is 0 Å². The summed E-state index contributed by atoms with van der Waals surface area (Å²) in [4.78, 5) is 41.6. The van der Waals surface area contributed by atoms with Crippen molar-refractivity contribution in [2.45, 2.75) is 105 Å². The number of benzene rings is 1. The number of hydrogen-bond donors (Lipinski definition) is 3. The normalized spacial score (nSPS) is 14.6. The topological polar surface area (TPSA) is 87.7 Å². The highest BCUT2D eigenvalue weighted by Crippen LogP contribution is 2.30. The van der Waals surface area contributed by atoms with Crippen molar-refractivity contribution in [2.75, 3.05) is 5.75 Å². The van der Waals surface area contributed by atoms with Crippen molar-refractivity contribution < 1.29 is 19.1 Å². The van der Waals surface area contributed by atoms with E-state index in [0.29, 0.717) is 6.42 Å². The Balaban J connectivity index is 3.56. The smallest absolute Gasteiger partial charge is 0.408 e. The van der Waals surface area contributed by atoms with Gasteiger partial charge in [-0.15, -0.1) is 0 Å². The fourth-order valence-corrected chi connectivity index (χ4v) is 3.77. The number of carbonyl (C=O) groups is 3. The molecular formula is C26H43N3O4S. The summed E-state index contributed by atoms with van der Waals surface area (Å²) >= 11 is 4.33. The van der Waals surface area contributed by atoms with E-state index in [1.54, 1.807) is 25.7 Å². The Kier molecular flexibility index (Phi) is 10.5. The summed E-state index contributed by atoms with van der Waals surface area (Å²) < 4.78 is 5.35. The summed E-state index contributed by atoms with van der Waals surface area (Å²) in [6.45, 7) is 18.7. The third-order valence-electron chi connectivity index (χ3n) is 5.25. The fraction of sp³-hybridized carbons (Fsp3) is 0.654. The van der Waals surface area contributed by atoms with Gasteiger partial charge in [0, 0.05) is 17.3 Å². The van der Waals surface area contributed by atoms with Crippen LogP contribution >= 0.6 is 12.6 Å². The third-order valence-corrected chi connectivity index (χ3v) is 5.61. The Labute approximate surface area is 210 Å². The predicted octanol–water partition coefficient (Wildman–Crippen LogP) is 4.71. The van der Waals surface area contributed by atoms with E-state index in [4.69, 9.17) is 4.74 Å². The van der Waals surface area contributed by atoms with Crippen LogP contribution in [0.3, 0.4) is 0 Å². The van der Waals surface area contributed by atoms with Gasteiger partial charge in [-0.2, -0.15) is 12.6 Å². The molecule has 2 N–H and O–H groups in total. The predicted molar refractivity (Wildman–Crippen MR) is 140 cm³/mol. The summed E-state index contributed by atoms with van der Waals surface area (Å²) in [5.74, 6) is -0.596. The molecule has 7 nitrogen and oxygen atoms in total. The number of carbonyl (C=O) groups excluding carboxylic acids is 3. The first-order valence-electron chi connectivity index (χ1n) is 11.8. The van der Waals surface area contributed by atoms with Crippen LogP contribution in [0.15, 0.2) is 18.2 Å². The van der Waals surface area contributed by atoms with Gasteiger partial charge in [-0.25, -0.2) is 4.79 Å². The summed E-state index contributed by atoms with van der Waals surface area (Å²) in [6.07, 6.45) is -0.0758. The number of amides is 3. The molecular weight excluding hydrogens is 450 g/mol. The second kappa shape index (κ2) is 12.0. The number of rotatable bonds is 8. The van der Waals surface area contributed by atoms with Crippen LogP contribution in [-0.4, -0.2) is 51.8 Å². The molecule has 0 aliphatic rings. The third kappa shape index (κ3) is 8.85. The zero-order valence-electron chi connectivity index (χ0n) is 22.4. The summed E-state index contributed by atoms with van der Waals surface area (Å²) in [5, 5.41) is 5.69. The van der Waals surface area contributed by atoms with E-state index in [2.05, 4.69) is 23.3 Å². The van der Waals surface area contributed by atoms with Gasteiger partial charge in [0.15, 0.2) is 0 Å². The number of ether oxygens (including phenoxy) is 1. The second-order valence-corrected chi connectivity index (χ2v) is 11.3. The molecule has 8 heteroatoms. The Morgan fingerprint density at radius 2 is 1.68 bits per heavy atom. The maximum Gasteiger partial charge on any atom is 0.408 e. The summed E-state index contributed by atoms with van der Waals surface area (Å²) in [5.41, 5.74) is 1.45. The van der Waals surface area contributed by atoms with Crippen LogP contribution in [0.2, 0.25) is 0 Å². The first-order valence-corrected chi connectivity index (χ1v) is 12.5. The van der Waals surface area contributed by atoms with Crippen molar-refractivity contribution in [3.8, 4) is 0 Å². The molecule has 192 valence electrons. The molecule has 0 bridgehead atoms. The van der Waals surface area contributed by atoms with Gasteiger partial charge >= 0.3 is 6.09 Å². The molecule has 3 amide bonds. The van der Waals surface area contributed by atoms with E-state index >= 15 is 0 Å². The van der Waals surface area contributed by atoms with Crippen LogP contribution in [0.5, 0.6) is 0 Å². The van der Waals surface area contributed by atoms with Gasteiger partial charge in [0.2, 0.25) is 11.8 Å².